The van der Waals surface area contributed by atoms with E-state index in [-0.39, 0.29) is 11.2 Å². The van der Waals surface area contributed by atoms with Crippen molar-refractivity contribution in [3.63, 3.8) is 0 Å². The maximum atomic E-state index is 12.2. The third kappa shape index (κ3) is 3.96. The highest BCUT2D eigenvalue weighted by atomic mass is 35.5. The topological polar surface area (TPSA) is 55.1 Å². The van der Waals surface area contributed by atoms with E-state index in [1.807, 2.05) is 6.92 Å². The normalized spacial score (nSPS) is 17.1. The van der Waals surface area contributed by atoms with Crippen LogP contribution >= 0.6 is 35.0 Å². The van der Waals surface area contributed by atoms with E-state index >= 15 is 0 Å². The molecule has 0 heterocycles. The number of hydrogen-bond acceptors (Lipinski definition) is 3. The molecule has 0 spiro atoms. The molecule has 1 aliphatic carbocycles. The monoisotopic (exact) mass is 332 g/mol. The number of hydrogen-bond donors (Lipinski definition) is 2. The van der Waals surface area contributed by atoms with Crippen molar-refractivity contribution in [2.24, 2.45) is 0 Å². The summed E-state index contributed by atoms with van der Waals surface area (Å²) in [5.74, 6) is -0.0736. The fourth-order valence-corrected chi connectivity index (χ4v) is 4.28. The summed E-state index contributed by atoms with van der Waals surface area (Å²) < 4.78 is 0. The van der Waals surface area contributed by atoms with E-state index in [0.717, 1.165) is 0 Å². The zero-order valence-electron chi connectivity index (χ0n) is 11.3. The summed E-state index contributed by atoms with van der Waals surface area (Å²) in [4.78, 5) is 12.2. The molecule has 0 radical (unpaired) electrons. The highest BCUT2D eigenvalue weighted by molar-refractivity contribution is 8.01. The predicted molar refractivity (Wildman–Crippen MR) is 88.8 cm³/mol. The Hall–Kier alpha value is -0.580. The van der Waals surface area contributed by atoms with Crippen molar-refractivity contribution in [3.8, 4) is 0 Å². The number of amides is 1. The van der Waals surface area contributed by atoms with Crippen LogP contribution in [-0.4, -0.2) is 16.4 Å². The number of carbonyl (C=O) groups is 1. The molecule has 6 heteroatoms. The largest absolute Gasteiger partial charge is 0.399 e. The molecule has 0 aromatic heterocycles. The Morgan fingerprint density at radius 2 is 1.90 bits per heavy atom. The third-order valence-electron chi connectivity index (χ3n) is 3.38. The second kappa shape index (κ2) is 6.92. The van der Waals surface area contributed by atoms with Gasteiger partial charge < -0.3 is 11.1 Å². The Balaban J connectivity index is 2.00. The van der Waals surface area contributed by atoms with Crippen LogP contribution in [0.25, 0.3) is 0 Å². The average molecular weight is 333 g/mol. The first-order chi connectivity index (χ1) is 9.47. The highest BCUT2D eigenvalue weighted by Crippen LogP contribution is 2.35. The standard InChI is InChI=1S/C14H18Cl2N2OS/c1-8(20-10-4-2-3-5-10)14(19)18-13-11(15)6-9(17)7-12(13)16/h6-8,10H,2-5,17H2,1H3,(H,18,19). The van der Waals surface area contributed by atoms with E-state index in [1.54, 1.807) is 23.9 Å². The molecule has 110 valence electrons. The van der Waals surface area contributed by atoms with Gasteiger partial charge in [-0.2, -0.15) is 0 Å². The number of halogens is 2. The number of nitrogens with two attached hydrogens (primary N) is 1. The van der Waals surface area contributed by atoms with E-state index in [0.29, 0.717) is 26.7 Å². The smallest absolute Gasteiger partial charge is 0.237 e. The van der Waals surface area contributed by atoms with Gasteiger partial charge in [-0.05, 0) is 31.9 Å². The molecule has 0 bridgehead atoms. The van der Waals surface area contributed by atoms with Gasteiger partial charge in [0.05, 0.1) is 21.0 Å². The molecular weight excluding hydrogens is 315 g/mol. The minimum Gasteiger partial charge on any atom is -0.399 e. The molecule has 1 aromatic carbocycles. The molecule has 3 nitrogen and oxygen atoms in total. The lowest BCUT2D eigenvalue weighted by molar-refractivity contribution is -0.115. The first-order valence-electron chi connectivity index (χ1n) is 6.68. The molecule has 2 rings (SSSR count). The van der Waals surface area contributed by atoms with Gasteiger partial charge in [-0.25, -0.2) is 0 Å². The number of nitrogen functional groups attached to an aromatic ring is 1. The summed E-state index contributed by atoms with van der Waals surface area (Å²) in [6, 6.07) is 3.16. The van der Waals surface area contributed by atoms with Crippen LogP contribution in [-0.2, 0) is 4.79 Å². The van der Waals surface area contributed by atoms with E-state index in [2.05, 4.69) is 5.32 Å². The molecule has 1 saturated carbocycles. The quantitative estimate of drug-likeness (QED) is 0.793. The Bertz CT molecular complexity index is 481. The van der Waals surface area contributed by atoms with E-state index in [4.69, 9.17) is 28.9 Å². The summed E-state index contributed by atoms with van der Waals surface area (Å²) in [7, 11) is 0. The van der Waals surface area contributed by atoms with Crippen molar-refractivity contribution in [2.75, 3.05) is 11.1 Å². The second-order valence-corrected chi connectivity index (χ2v) is 7.49. The summed E-state index contributed by atoms with van der Waals surface area (Å²) in [6.07, 6.45) is 4.93. The molecule has 1 aliphatic rings. The van der Waals surface area contributed by atoms with Crippen LogP contribution in [0.15, 0.2) is 12.1 Å². The minimum atomic E-state index is -0.122. The molecule has 1 amide bonds. The Morgan fingerprint density at radius 3 is 2.45 bits per heavy atom. The van der Waals surface area contributed by atoms with Gasteiger partial charge in [0, 0.05) is 10.9 Å². The van der Waals surface area contributed by atoms with Gasteiger partial charge in [-0.1, -0.05) is 36.0 Å². The SMILES string of the molecule is CC(SC1CCCC1)C(=O)Nc1c(Cl)cc(N)cc1Cl. The fourth-order valence-electron chi connectivity index (χ4n) is 2.31. The maximum Gasteiger partial charge on any atom is 0.237 e. The Kier molecular flexibility index (Phi) is 5.47. The van der Waals surface area contributed by atoms with Gasteiger partial charge in [-0.15, -0.1) is 11.8 Å². The van der Waals surface area contributed by atoms with Crippen LogP contribution in [0.4, 0.5) is 11.4 Å². The van der Waals surface area contributed by atoms with Gasteiger partial charge >= 0.3 is 0 Å². The van der Waals surface area contributed by atoms with Gasteiger partial charge in [0.15, 0.2) is 0 Å². The Labute approximate surface area is 133 Å². The van der Waals surface area contributed by atoms with Crippen LogP contribution in [0, 0.1) is 0 Å². The minimum absolute atomic E-state index is 0.0736. The van der Waals surface area contributed by atoms with Crippen molar-refractivity contribution in [3.05, 3.63) is 22.2 Å². The number of rotatable bonds is 4. The third-order valence-corrected chi connectivity index (χ3v) is 5.46. The van der Waals surface area contributed by atoms with Gasteiger partial charge in [-0.3, -0.25) is 4.79 Å². The number of carbonyl (C=O) groups excluding carboxylic acids is 1. The van der Waals surface area contributed by atoms with Crippen LogP contribution < -0.4 is 11.1 Å². The molecule has 1 fully saturated rings. The van der Waals surface area contributed by atoms with Gasteiger partial charge in [0.2, 0.25) is 5.91 Å². The lowest BCUT2D eigenvalue weighted by atomic mass is 10.2. The first kappa shape index (κ1) is 15.8. The highest BCUT2D eigenvalue weighted by Gasteiger charge is 2.23. The predicted octanol–water partition coefficient (Wildman–Crippen LogP) is 4.58. The summed E-state index contributed by atoms with van der Waals surface area (Å²) in [5, 5.41) is 3.99. The molecule has 20 heavy (non-hydrogen) atoms. The summed E-state index contributed by atoms with van der Waals surface area (Å²) in [6.45, 7) is 1.91. The van der Waals surface area contributed by atoms with Gasteiger partial charge in [0.25, 0.3) is 0 Å². The molecule has 1 aromatic rings. The van der Waals surface area contributed by atoms with Crippen LogP contribution in [0.3, 0.4) is 0 Å². The second-order valence-electron chi connectivity index (χ2n) is 5.03. The van der Waals surface area contributed by atoms with Crippen molar-refractivity contribution >= 4 is 52.2 Å². The Morgan fingerprint density at radius 1 is 1.35 bits per heavy atom. The van der Waals surface area contributed by atoms with E-state index in [1.165, 1.54) is 25.7 Å². The van der Waals surface area contributed by atoms with Crippen LogP contribution in [0.2, 0.25) is 10.0 Å². The molecule has 3 N–H and O–H groups in total. The fraction of sp³-hybridized carbons (Fsp3) is 0.500. The number of anilines is 2. The number of thioether (sulfide) groups is 1. The van der Waals surface area contributed by atoms with Crippen LogP contribution in [0.5, 0.6) is 0 Å². The number of nitrogens with one attached hydrogen (secondary N) is 1. The van der Waals surface area contributed by atoms with Gasteiger partial charge in [0.1, 0.15) is 0 Å². The molecule has 1 atom stereocenters. The first-order valence-corrected chi connectivity index (χ1v) is 8.38. The number of benzene rings is 1. The van der Waals surface area contributed by atoms with Crippen molar-refractivity contribution in [2.45, 2.75) is 43.1 Å². The lowest BCUT2D eigenvalue weighted by Crippen LogP contribution is -2.24. The molecule has 0 saturated heterocycles. The van der Waals surface area contributed by atoms with Crippen LogP contribution in [0.1, 0.15) is 32.6 Å². The summed E-state index contributed by atoms with van der Waals surface area (Å²) in [5.41, 5.74) is 6.56. The van der Waals surface area contributed by atoms with E-state index < -0.39 is 0 Å². The zero-order valence-corrected chi connectivity index (χ0v) is 13.6. The van der Waals surface area contributed by atoms with Crippen molar-refractivity contribution < 1.29 is 4.79 Å². The average Bonchev–Trinajstić information content (AvgIpc) is 2.86. The lowest BCUT2D eigenvalue weighted by Gasteiger charge is -2.17. The van der Waals surface area contributed by atoms with Crippen molar-refractivity contribution in [1.82, 2.24) is 0 Å². The zero-order chi connectivity index (χ0) is 14.7. The van der Waals surface area contributed by atoms with E-state index in [9.17, 15) is 4.79 Å². The molecule has 0 aliphatic heterocycles. The molecular formula is C14H18Cl2N2OS. The summed E-state index contributed by atoms with van der Waals surface area (Å²) >= 11 is 13.9. The molecule has 1 unspecified atom stereocenters. The maximum absolute atomic E-state index is 12.2. The van der Waals surface area contributed by atoms with Crippen molar-refractivity contribution in [1.29, 1.82) is 0 Å².